The number of hydrogen-bond acceptors (Lipinski definition) is 3. The summed E-state index contributed by atoms with van der Waals surface area (Å²) in [6.45, 7) is 3.76. The highest BCUT2D eigenvalue weighted by Crippen LogP contribution is 2.08. The number of esters is 1. The number of amides is 1. The van der Waals surface area contributed by atoms with Gasteiger partial charge in [-0.2, -0.15) is 0 Å². The van der Waals surface area contributed by atoms with Crippen molar-refractivity contribution in [3.63, 3.8) is 0 Å². The zero-order valence-corrected chi connectivity index (χ0v) is 14.3. The summed E-state index contributed by atoms with van der Waals surface area (Å²) in [7, 11) is 1.89. The maximum Gasteiger partial charge on any atom is 0.310 e. The van der Waals surface area contributed by atoms with Crippen LogP contribution in [0.2, 0.25) is 0 Å². The third-order valence-corrected chi connectivity index (χ3v) is 3.48. The number of hydrogen-bond donors (Lipinski definition) is 1. The van der Waals surface area contributed by atoms with Gasteiger partial charge in [0.25, 0.3) is 5.91 Å². The molecule has 0 saturated carbocycles. The summed E-state index contributed by atoms with van der Waals surface area (Å²) >= 11 is 0. The SMILES string of the molecule is C[n+]1ccc(C(=O)NC(C)(C)COC(=O)Cc2ccccc2)cc1. The molecule has 24 heavy (non-hydrogen) atoms. The number of carbonyl (C=O) groups is 2. The van der Waals surface area contributed by atoms with Crippen molar-refractivity contribution in [1.29, 1.82) is 0 Å². The lowest BCUT2D eigenvalue weighted by Gasteiger charge is -2.25. The Morgan fingerprint density at radius 3 is 2.33 bits per heavy atom. The van der Waals surface area contributed by atoms with Gasteiger partial charge in [-0.15, -0.1) is 0 Å². The van der Waals surface area contributed by atoms with Crippen LogP contribution in [0.1, 0.15) is 29.8 Å². The number of pyridine rings is 1. The number of nitrogens with one attached hydrogen (secondary N) is 1. The Morgan fingerprint density at radius 2 is 1.71 bits per heavy atom. The van der Waals surface area contributed by atoms with Crippen LogP contribution in [0.5, 0.6) is 0 Å². The van der Waals surface area contributed by atoms with Gasteiger partial charge in [0.05, 0.1) is 17.5 Å². The summed E-state index contributed by atoms with van der Waals surface area (Å²) in [6.07, 6.45) is 3.84. The lowest BCUT2D eigenvalue weighted by Crippen LogP contribution is -2.47. The minimum absolute atomic E-state index is 0.116. The van der Waals surface area contributed by atoms with E-state index in [0.29, 0.717) is 5.56 Å². The smallest absolute Gasteiger partial charge is 0.310 e. The molecule has 0 aliphatic rings. The normalized spacial score (nSPS) is 11.0. The molecule has 0 aliphatic heterocycles. The van der Waals surface area contributed by atoms with Crippen LogP contribution in [0.15, 0.2) is 54.9 Å². The largest absolute Gasteiger partial charge is 0.463 e. The topological polar surface area (TPSA) is 59.3 Å². The van der Waals surface area contributed by atoms with E-state index in [4.69, 9.17) is 4.74 Å². The summed E-state index contributed by atoms with van der Waals surface area (Å²) in [5.41, 5.74) is 0.819. The van der Waals surface area contributed by atoms with Crippen molar-refractivity contribution in [2.45, 2.75) is 25.8 Å². The fourth-order valence-corrected chi connectivity index (χ4v) is 2.14. The molecule has 0 unspecified atom stereocenters. The summed E-state index contributed by atoms with van der Waals surface area (Å²) in [4.78, 5) is 24.2. The zero-order chi connectivity index (χ0) is 17.6. The molecule has 0 bridgehead atoms. The van der Waals surface area contributed by atoms with Crippen molar-refractivity contribution in [3.8, 4) is 0 Å². The average Bonchev–Trinajstić information content (AvgIpc) is 2.54. The highest BCUT2D eigenvalue weighted by Gasteiger charge is 2.23. The van der Waals surface area contributed by atoms with Crippen LogP contribution >= 0.6 is 0 Å². The van der Waals surface area contributed by atoms with Crippen LogP contribution in [0.25, 0.3) is 0 Å². The molecule has 0 fully saturated rings. The first kappa shape index (κ1) is 17.7. The molecule has 126 valence electrons. The fourth-order valence-electron chi connectivity index (χ4n) is 2.14. The Balaban J connectivity index is 1.85. The van der Waals surface area contributed by atoms with Crippen LogP contribution in [0.3, 0.4) is 0 Å². The summed E-state index contributed by atoms with van der Waals surface area (Å²) in [5.74, 6) is -0.505. The number of aromatic nitrogens is 1. The van der Waals surface area contributed by atoms with Crippen molar-refractivity contribution in [1.82, 2.24) is 5.32 Å². The number of benzene rings is 1. The molecular weight excluding hydrogens is 304 g/mol. The van der Waals surface area contributed by atoms with Gasteiger partial charge in [0.1, 0.15) is 13.7 Å². The number of ether oxygens (including phenoxy) is 1. The second-order valence-corrected chi connectivity index (χ2v) is 6.41. The van der Waals surface area contributed by atoms with E-state index in [1.165, 1.54) is 0 Å². The highest BCUT2D eigenvalue weighted by atomic mass is 16.5. The molecule has 2 aromatic rings. The van der Waals surface area contributed by atoms with Gasteiger partial charge >= 0.3 is 5.97 Å². The lowest BCUT2D eigenvalue weighted by molar-refractivity contribution is -0.671. The molecule has 1 aromatic heterocycles. The van der Waals surface area contributed by atoms with E-state index in [9.17, 15) is 9.59 Å². The minimum atomic E-state index is -0.651. The number of carbonyl (C=O) groups excluding carboxylic acids is 2. The molecule has 1 heterocycles. The number of aryl methyl sites for hydroxylation is 1. The average molecular weight is 327 g/mol. The van der Waals surface area contributed by atoms with Crippen LogP contribution in [0, 0.1) is 0 Å². The monoisotopic (exact) mass is 327 g/mol. The van der Waals surface area contributed by atoms with E-state index in [0.717, 1.165) is 5.56 Å². The summed E-state index contributed by atoms with van der Waals surface area (Å²) in [5, 5.41) is 2.89. The van der Waals surface area contributed by atoms with Crippen molar-refractivity contribution < 1.29 is 18.9 Å². The molecule has 0 atom stereocenters. The Morgan fingerprint density at radius 1 is 1.08 bits per heavy atom. The standard InChI is InChI=1S/C19H22N2O3/c1-19(2,20-18(23)16-9-11-21(3)12-10-16)14-24-17(22)13-15-7-5-4-6-8-15/h4-12H,13-14H2,1-3H3/p+1. The lowest BCUT2D eigenvalue weighted by atomic mass is 10.1. The van der Waals surface area contributed by atoms with Gasteiger partial charge in [0, 0.05) is 12.1 Å². The van der Waals surface area contributed by atoms with Crippen molar-refractivity contribution in [3.05, 3.63) is 66.0 Å². The summed E-state index contributed by atoms with van der Waals surface area (Å²) < 4.78 is 7.16. The maximum absolute atomic E-state index is 12.2. The molecule has 2 rings (SSSR count). The van der Waals surface area contributed by atoms with Crippen molar-refractivity contribution >= 4 is 11.9 Å². The number of nitrogens with zero attached hydrogens (tertiary/aromatic N) is 1. The van der Waals surface area contributed by atoms with Gasteiger partial charge in [-0.05, 0) is 19.4 Å². The van der Waals surface area contributed by atoms with E-state index in [-0.39, 0.29) is 24.9 Å². The van der Waals surface area contributed by atoms with Crippen LogP contribution in [0.4, 0.5) is 0 Å². The Labute approximate surface area is 142 Å². The van der Waals surface area contributed by atoms with Gasteiger partial charge in [-0.25, -0.2) is 4.57 Å². The van der Waals surface area contributed by atoms with E-state index in [1.807, 2.05) is 68.2 Å². The molecule has 0 saturated heterocycles. The van der Waals surface area contributed by atoms with Gasteiger partial charge < -0.3 is 10.1 Å². The van der Waals surface area contributed by atoms with E-state index >= 15 is 0 Å². The molecule has 5 heteroatoms. The minimum Gasteiger partial charge on any atom is -0.463 e. The van der Waals surface area contributed by atoms with Crippen molar-refractivity contribution in [2.24, 2.45) is 7.05 Å². The van der Waals surface area contributed by atoms with Gasteiger partial charge in [-0.1, -0.05) is 30.3 Å². The molecule has 1 amide bonds. The van der Waals surface area contributed by atoms with Gasteiger partial charge in [0.15, 0.2) is 12.4 Å². The Hall–Kier alpha value is -2.69. The first-order valence-electron chi connectivity index (χ1n) is 7.83. The fraction of sp³-hybridized carbons (Fsp3) is 0.316. The van der Waals surface area contributed by atoms with Crippen LogP contribution < -0.4 is 9.88 Å². The van der Waals surface area contributed by atoms with Crippen molar-refractivity contribution in [2.75, 3.05) is 6.61 Å². The van der Waals surface area contributed by atoms with Crippen LogP contribution in [-0.4, -0.2) is 24.0 Å². The van der Waals surface area contributed by atoms with Gasteiger partial charge in [0.2, 0.25) is 0 Å². The third-order valence-electron chi connectivity index (χ3n) is 3.48. The molecule has 0 aliphatic carbocycles. The predicted molar refractivity (Wildman–Crippen MR) is 90.3 cm³/mol. The van der Waals surface area contributed by atoms with E-state index < -0.39 is 5.54 Å². The molecule has 1 N–H and O–H groups in total. The molecular formula is C19H23N2O3+. The predicted octanol–water partition coefficient (Wildman–Crippen LogP) is 1.81. The molecule has 5 nitrogen and oxygen atoms in total. The Kier molecular flexibility index (Phi) is 5.68. The van der Waals surface area contributed by atoms with E-state index in [2.05, 4.69) is 5.32 Å². The second-order valence-electron chi connectivity index (χ2n) is 6.41. The molecule has 0 spiro atoms. The zero-order valence-electron chi connectivity index (χ0n) is 14.3. The molecule has 1 aromatic carbocycles. The van der Waals surface area contributed by atoms with Crippen LogP contribution in [-0.2, 0) is 23.0 Å². The first-order valence-corrected chi connectivity index (χ1v) is 7.83. The number of rotatable bonds is 6. The van der Waals surface area contributed by atoms with Gasteiger partial charge in [-0.3, -0.25) is 9.59 Å². The highest BCUT2D eigenvalue weighted by molar-refractivity contribution is 5.94. The second kappa shape index (κ2) is 7.73. The quantitative estimate of drug-likeness (QED) is 0.650. The third kappa shape index (κ3) is 5.50. The summed E-state index contributed by atoms with van der Waals surface area (Å²) in [6, 6.07) is 12.9. The Bertz CT molecular complexity index is 694. The molecule has 0 radical (unpaired) electrons. The maximum atomic E-state index is 12.2. The first-order chi connectivity index (χ1) is 11.4. The van der Waals surface area contributed by atoms with E-state index in [1.54, 1.807) is 12.1 Å².